The van der Waals surface area contributed by atoms with E-state index in [9.17, 15) is 0 Å². The molecule has 2 rings (SSSR count). The number of nitrogens with two attached hydrogens (primary N) is 2. The zero-order valence-corrected chi connectivity index (χ0v) is 36.2. The molecule has 46 heavy (non-hydrogen) atoms. The number of nitrogens with zero attached hydrogens (tertiary/aromatic N) is 2. The monoisotopic (exact) mass is 908 g/mol. The normalized spacial score (nSPS) is 13.0. The predicted octanol–water partition coefficient (Wildman–Crippen LogP) is 5.20. The van der Waals surface area contributed by atoms with E-state index in [0.29, 0.717) is 0 Å². The maximum absolute atomic E-state index is 5.77. The van der Waals surface area contributed by atoms with Crippen LogP contribution in [0, 0.1) is 0 Å². The van der Waals surface area contributed by atoms with Gasteiger partial charge in [0.1, 0.15) is 0 Å². The van der Waals surface area contributed by atoms with E-state index in [-0.39, 0.29) is 149 Å². The van der Waals surface area contributed by atoms with E-state index in [4.69, 9.17) is 11.5 Å². The van der Waals surface area contributed by atoms with Gasteiger partial charge in [0.25, 0.3) is 0 Å². The van der Waals surface area contributed by atoms with E-state index in [1.807, 2.05) is 0 Å². The van der Waals surface area contributed by atoms with E-state index in [1.54, 1.807) is 0 Å². The first kappa shape index (κ1) is 77.7. The number of nitrogens with one attached hydrogen (secondary N) is 4. The SMILES string of the molecule is Cl.Cl.Cl.Cl.Cl.Cl.Cl.Cl.Cl.Cl.Cl.Cl.NCCCNCCN(CCCN)Cc1ccc(CN2CCCNCCNCCCNCC2)cc1. The average molecular weight is 914 g/mol. The number of hydrogen-bond acceptors (Lipinski definition) is 8. The van der Waals surface area contributed by atoms with Gasteiger partial charge in [-0.1, -0.05) is 24.3 Å². The van der Waals surface area contributed by atoms with Gasteiger partial charge in [-0.3, -0.25) is 9.80 Å². The van der Waals surface area contributed by atoms with Gasteiger partial charge in [0.15, 0.2) is 0 Å². The minimum atomic E-state index is 0. The molecule has 0 radical (unpaired) electrons. The van der Waals surface area contributed by atoms with Crippen LogP contribution in [0.5, 0.6) is 0 Å². The van der Waals surface area contributed by atoms with Crippen LogP contribution in [0.3, 0.4) is 0 Å². The highest BCUT2D eigenvalue weighted by atomic mass is 35.5. The maximum atomic E-state index is 5.77. The lowest BCUT2D eigenvalue weighted by Gasteiger charge is -2.24. The van der Waals surface area contributed by atoms with Gasteiger partial charge >= 0.3 is 0 Å². The fourth-order valence-corrected chi connectivity index (χ4v) is 4.27. The Hall–Kier alpha value is 2.38. The predicted molar refractivity (Wildman–Crippen MR) is 232 cm³/mol. The lowest BCUT2D eigenvalue weighted by molar-refractivity contribution is 0.259. The minimum absolute atomic E-state index is 0. The van der Waals surface area contributed by atoms with Crippen molar-refractivity contribution in [3.8, 4) is 0 Å². The Labute approximate surface area is 354 Å². The molecule has 0 amide bonds. The number of hydrogen-bond donors (Lipinski definition) is 6. The van der Waals surface area contributed by atoms with Crippen molar-refractivity contribution in [1.82, 2.24) is 31.1 Å². The molecule has 1 aliphatic heterocycles. The lowest BCUT2D eigenvalue weighted by atomic mass is 10.1. The average Bonchev–Trinajstić information content (AvgIpc) is 2.85. The molecule has 1 saturated heterocycles. The van der Waals surface area contributed by atoms with Crippen LogP contribution >= 0.6 is 149 Å². The third kappa shape index (κ3) is 42.5. The van der Waals surface area contributed by atoms with Crippen molar-refractivity contribution in [2.45, 2.75) is 38.8 Å². The Balaban J connectivity index is -0.000000113. The molecule has 292 valence electrons. The summed E-state index contributed by atoms with van der Waals surface area (Å²) in [6.07, 6.45) is 4.45. The number of benzene rings is 1. The van der Waals surface area contributed by atoms with Crippen LogP contribution in [0.2, 0.25) is 0 Å². The highest BCUT2D eigenvalue weighted by molar-refractivity contribution is 5.86. The summed E-state index contributed by atoms with van der Waals surface area (Å²) in [5.74, 6) is 0. The molecule has 1 aromatic rings. The Morgan fingerprint density at radius 1 is 0.565 bits per heavy atom. The van der Waals surface area contributed by atoms with E-state index in [1.165, 1.54) is 24.0 Å². The molecule has 0 spiro atoms. The first-order valence-electron chi connectivity index (χ1n) is 13.6. The molecular formula is C26H64Cl12N8. The topological polar surface area (TPSA) is 107 Å². The summed E-state index contributed by atoms with van der Waals surface area (Å²) in [4.78, 5) is 5.10. The van der Waals surface area contributed by atoms with Crippen LogP contribution in [-0.4, -0.2) is 101 Å². The van der Waals surface area contributed by atoms with Crippen LogP contribution in [0.15, 0.2) is 24.3 Å². The van der Waals surface area contributed by atoms with Crippen LogP contribution in [0.1, 0.15) is 36.8 Å². The fraction of sp³-hybridized carbons (Fsp3) is 0.769. The highest BCUT2D eigenvalue weighted by Gasteiger charge is 2.09. The first-order valence-corrected chi connectivity index (χ1v) is 13.6. The Kier molecular flexibility index (Phi) is 95.9. The van der Waals surface area contributed by atoms with Crippen molar-refractivity contribution in [1.29, 1.82) is 0 Å². The summed E-state index contributed by atoms with van der Waals surface area (Å²) < 4.78 is 0. The maximum Gasteiger partial charge on any atom is 0.0234 e. The molecule has 0 saturated carbocycles. The first-order chi connectivity index (χ1) is 16.8. The lowest BCUT2D eigenvalue weighted by Crippen LogP contribution is -2.36. The summed E-state index contributed by atoms with van der Waals surface area (Å²) >= 11 is 0. The van der Waals surface area contributed by atoms with Crippen molar-refractivity contribution in [2.24, 2.45) is 11.5 Å². The molecule has 0 unspecified atom stereocenters. The van der Waals surface area contributed by atoms with Gasteiger partial charge in [0, 0.05) is 52.4 Å². The number of halogens is 12. The van der Waals surface area contributed by atoms with Crippen molar-refractivity contribution >= 4 is 149 Å². The Bertz CT molecular complexity index is 607. The van der Waals surface area contributed by atoms with Gasteiger partial charge < -0.3 is 32.7 Å². The summed E-state index contributed by atoms with van der Waals surface area (Å²) in [5, 5.41) is 14.2. The van der Waals surface area contributed by atoms with Gasteiger partial charge in [0.05, 0.1) is 0 Å². The standard InChI is InChI=1S/C26H52N8.12ClH/c27-9-1-11-31-17-21-33(19-2-10-28)23-25-5-7-26(8-6-25)24-34-20-4-14-30-16-15-29-12-3-13-32-18-22-34;;;;;;;;;;;;/h5-8,29-32H,1-4,9-24,27-28H2;12*1H. The van der Waals surface area contributed by atoms with Gasteiger partial charge in [-0.15, -0.1) is 149 Å². The molecule has 1 heterocycles. The van der Waals surface area contributed by atoms with E-state index in [0.717, 1.165) is 118 Å². The van der Waals surface area contributed by atoms with E-state index >= 15 is 0 Å². The summed E-state index contributed by atoms with van der Waals surface area (Å²) in [6, 6.07) is 9.25. The largest absolute Gasteiger partial charge is 0.330 e. The van der Waals surface area contributed by atoms with Gasteiger partial charge in [-0.05, 0) is 89.2 Å². The van der Waals surface area contributed by atoms with Crippen molar-refractivity contribution in [2.75, 3.05) is 91.6 Å². The Morgan fingerprint density at radius 3 is 1.61 bits per heavy atom. The minimum Gasteiger partial charge on any atom is -0.330 e. The summed E-state index contributed by atoms with van der Waals surface area (Å²) in [5.41, 5.74) is 14.1. The van der Waals surface area contributed by atoms with Crippen molar-refractivity contribution in [3.63, 3.8) is 0 Å². The zero-order chi connectivity index (χ0) is 24.1. The molecule has 8 nitrogen and oxygen atoms in total. The summed E-state index contributed by atoms with van der Waals surface area (Å²) in [7, 11) is 0. The molecule has 1 aromatic carbocycles. The second-order valence-electron chi connectivity index (χ2n) is 9.36. The number of rotatable bonds is 13. The second kappa shape index (κ2) is 56.7. The van der Waals surface area contributed by atoms with Gasteiger partial charge in [-0.2, -0.15) is 0 Å². The zero-order valence-electron chi connectivity index (χ0n) is 26.4. The molecule has 1 aliphatic rings. The molecule has 1 fully saturated rings. The van der Waals surface area contributed by atoms with Crippen molar-refractivity contribution in [3.05, 3.63) is 35.4 Å². The van der Waals surface area contributed by atoms with E-state index in [2.05, 4.69) is 55.3 Å². The smallest absolute Gasteiger partial charge is 0.0234 e. The van der Waals surface area contributed by atoms with Crippen LogP contribution in [-0.2, 0) is 13.1 Å². The molecule has 0 bridgehead atoms. The molecule has 8 N–H and O–H groups in total. The second-order valence-corrected chi connectivity index (χ2v) is 9.36. The van der Waals surface area contributed by atoms with Crippen molar-refractivity contribution < 1.29 is 0 Å². The molecule has 0 aromatic heterocycles. The Morgan fingerprint density at radius 2 is 1.07 bits per heavy atom. The van der Waals surface area contributed by atoms with E-state index < -0.39 is 0 Å². The fourth-order valence-electron chi connectivity index (χ4n) is 4.27. The summed E-state index contributed by atoms with van der Waals surface area (Å²) in [6.45, 7) is 16.2. The van der Waals surface area contributed by atoms with Gasteiger partial charge in [0.2, 0.25) is 0 Å². The van der Waals surface area contributed by atoms with Crippen LogP contribution in [0.25, 0.3) is 0 Å². The molecule has 20 heteroatoms. The van der Waals surface area contributed by atoms with Crippen LogP contribution < -0.4 is 32.7 Å². The highest BCUT2D eigenvalue weighted by Crippen LogP contribution is 2.11. The molecule has 0 aliphatic carbocycles. The molecular weight excluding hydrogens is 850 g/mol. The van der Waals surface area contributed by atoms with Gasteiger partial charge in [-0.25, -0.2) is 0 Å². The van der Waals surface area contributed by atoms with Crippen LogP contribution in [0.4, 0.5) is 0 Å². The quantitative estimate of drug-likeness (QED) is 0.150. The third-order valence-corrected chi connectivity index (χ3v) is 6.29. The third-order valence-electron chi connectivity index (χ3n) is 6.29. The molecule has 0 atom stereocenters.